The second-order valence-electron chi connectivity index (χ2n) is 7.41. The number of carbonyl (C=O) groups excluding carboxylic acids is 1. The molecule has 3 rings (SSSR count). The van der Waals surface area contributed by atoms with E-state index in [1.807, 2.05) is 0 Å². The van der Waals surface area contributed by atoms with Gasteiger partial charge in [0.2, 0.25) is 5.91 Å². The number of nitrogens with zero attached hydrogens (tertiary/aromatic N) is 2. The highest BCUT2D eigenvalue weighted by Crippen LogP contribution is 2.22. The number of hydrogen-bond donors (Lipinski definition) is 2. The summed E-state index contributed by atoms with van der Waals surface area (Å²) in [5, 5.41) is 9.19. The lowest BCUT2D eigenvalue weighted by atomic mass is 9.93. The van der Waals surface area contributed by atoms with E-state index < -0.39 is 0 Å². The van der Waals surface area contributed by atoms with Gasteiger partial charge in [0.1, 0.15) is 0 Å². The minimum absolute atomic E-state index is 0.112. The second-order valence-corrected chi connectivity index (χ2v) is 8.26. The topological polar surface area (TPSA) is 57.3 Å². The summed E-state index contributed by atoms with van der Waals surface area (Å²) in [6.45, 7) is 7.75. The number of piperidine rings is 2. The molecule has 0 spiro atoms. The first kappa shape index (κ1) is 17.8. The van der Waals surface area contributed by atoms with Gasteiger partial charge in [0.05, 0.1) is 5.69 Å². The van der Waals surface area contributed by atoms with Crippen LogP contribution in [-0.2, 0) is 11.3 Å². The van der Waals surface area contributed by atoms with Crippen LogP contribution < -0.4 is 10.6 Å². The average Bonchev–Trinajstić information content (AvgIpc) is 3.01. The summed E-state index contributed by atoms with van der Waals surface area (Å²) < 4.78 is 0. The Kier molecular flexibility index (Phi) is 6.63. The summed E-state index contributed by atoms with van der Waals surface area (Å²) in [6, 6.07) is 0. The van der Waals surface area contributed by atoms with Gasteiger partial charge in [-0.1, -0.05) is 6.92 Å². The quantitative estimate of drug-likeness (QED) is 0.828. The Morgan fingerprint density at radius 3 is 3.04 bits per heavy atom. The minimum atomic E-state index is 0.112. The summed E-state index contributed by atoms with van der Waals surface area (Å²) in [5.74, 6) is 1.59. The third kappa shape index (κ3) is 5.53. The van der Waals surface area contributed by atoms with Crippen LogP contribution >= 0.6 is 11.3 Å². The predicted octanol–water partition coefficient (Wildman–Crippen LogP) is 3.09. The summed E-state index contributed by atoms with van der Waals surface area (Å²) in [7, 11) is 0. The SMILES string of the molecule is CC1CCCN(Cc2csc(NC(=O)CCC3CCNCC3)n2)C1. The first-order valence-corrected chi connectivity index (χ1v) is 10.2. The molecular formula is C18H30N4OS. The number of amides is 1. The van der Waals surface area contributed by atoms with Gasteiger partial charge in [0.25, 0.3) is 0 Å². The van der Waals surface area contributed by atoms with Gasteiger partial charge in [0, 0.05) is 24.9 Å². The van der Waals surface area contributed by atoms with Crippen LogP contribution in [0.2, 0.25) is 0 Å². The third-order valence-electron chi connectivity index (χ3n) is 5.16. The van der Waals surface area contributed by atoms with Crippen LogP contribution in [-0.4, -0.2) is 42.0 Å². The maximum atomic E-state index is 12.1. The number of carbonyl (C=O) groups is 1. The molecule has 2 fully saturated rings. The number of rotatable bonds is 6. The molecule has 2 N–H and O–H groups in total. The lowest BCUT2D eigenvalue weighted by molar-refractivity contribution is -0.116. The van der Waals surface area contributed by atoms with Gasteiger partial charge in [-0.25, -0.2) is 4.98 Å². The van der Waals surface area contributed by atoms with Gasteiger partial charge in [-0.2, -0.15) is 0 Å². The molecule has 0 aliphatic carbocycles. The molecule has 5 nitrogen and oxygen atoms in total. The molecule has 0 saturated carbocycles. The van der Waals surface area contributed by atoms with E-state index in [-0.39, 0.29) is 5.91 Å². The van der Waals surface area contributed by atoms with Crippen molar-refractivity contribution in [1.29, 1.82) is 0 Å². The van der Waals surface area contributed by atoms with E-state index in [9.17, 15) is 4.79 Å². The Labute approximate surface area is 149 Å². The monoisotopic (exact) mass is 350 g/mol. The zero-order chi connectivity index (χ0) is 16.8. The van der Waals surface area contributed by atoms with Gasteiger partial charge in [-0.05, 0) is 63.6 Å². The van der Waals surface area contributed by atoms with Crippen LogP contribution in [0.1, 0.15) is 51.1 Å². The van der Waals surface area contributed by atoms with Crippen molar-refractivity contribution in [2.24, 2.45) is 11.8 Å². The molecular weight excluding hydrogens is 320 g/mol. The highest BCUT2D eigenvalue weighted by Gasteiger charge is 2.18. The van der Waals surface area contributed by atoms with Crippen molar-refractivity contribution in [2.45, 2.75) is 52.0 Å². The maximum absolute atomic E-state index is 12.1. The van der Waals surface area contributed by atoms with Gasteiger partial charge < -0.3 is 10.6 Å². The Hall–Kier alpha value is -0.980. The average molecular weight is 351 g/mol. The fraction of sp³-hybridized carbons (Fsp3) is 0.778. The third-order valence-corrected chi connectivity index (χ3v) is 5.97. The summed E-state index contributed by atoms with van der Waals surface area (Å²) >= 11 is 1.55. The van der Waals surface area contributed by atoms with E-state index >= 15 is 0 Å². The number of hydrogen-bond acceptors (Lipinski definition) is 5. The molecule has 1 unspecified atom stereocenters. The Bertz CT molecular complexity index is 527. The normalized spacial score (nSPS) is 23.3. The lowest BCUT2D eigenvalue weighted by Crippen LogP contribution is -2.33. The molecule has 0 aromatic carbocycles. The predicted molar refractivity (Wildman–Crippen MR) is 99.2 cm³/mol. The molecule has 0 bridgehead atoms. The molecule has 6 heteroatoms. The van der Waals surface area contributed by atoms with E-state index in [1.165, 1.54) is 32.2 Å². The van der Waals surface area contributed by atoms with Crippen LogP contribution in [0.3, 0.4) is 0 Å². The lowest BCUT2D eigenvalue weighted by Gasteiger charge is -2.30. The van der Waals surface area contributed by atoms with Gasteiger partial charge >= 0.3 is 0 Å². The Morgan fingerprint density at radius 1 is 1.42 bits per heavy atom. The van der Waals surface area contributed by atoms with Gasteiger partial charge in [0.15, 0.2) is 5.13 Å². The largest absolute Gasteiger partial charge is 0.317 e. The van der Waals surface area contributed by atoms with E-state index in [4.69, 9.17) is 0 Å². The number of anilines is 1. The zero-order valence-electron chi connectivity index (χ0n) is 14.7. The second kappa shape index (κ2) is 8.92. The Balaban J connectivity index is 1.40. The molecule has 1 atom stereocenters. The van der Waals surface area contributed by atoms with Crippen molar-refractivity contribution in [2.75, 3.05) is 31.5 Å². The van der Waals surface area contributed by atoms with Crippen molar-refractivity contribution in [3.8, 4) is 0 Å². The smallest absolute Gasteiger partial charge is 0.226 e. The zero-order valence-corrected chi connectivity index (χ0v) is 15.5. The molecule has 0 radical (unpaired) electrons. The molecule has 134 valence electrons. The highest BCUT2D eigenvalue weighted by molar-refractivity contribution is 7.13. The highest BCUT2D eigenvalue weighted by atomic mass is 32.1. The molecule has 1 aromatic rings. The van der Waals surface area contributed by atoms with Crippen LogP contribution in [0.4, 0.5) is 5.13 Å². The maximum Gasteiger partial charge on any atom is 0.226 e. The molecule has 1 aromatic heterocycles. The summed E-state index contributed by atoms with van der Waals surface area (Å²) in [4.78, 5) is 19.2. The summed E-state index contributed by atoms with van der Waals surface area (Å²) in [5.41, 5.74) is 1.09. The van der Waals surface area contributed by atoms with Crippen molar-refractivity contribution >= 4 is 22.4 Å². The van der Waals surface area contributed by atoms with Crippen molar-refractivity contribution < 1.29 is 4.79 Å². The van der Waals surface area contributed by atoms with E-state index in [2.05, 4.69) is 32.8 Å². The van der Waals surface area contributed by atoms with E-state index in [0.29, 0.717) is 12.3 Å². The summed E-state index contributed by atoms with van der Waals surface area (Å²) in [6.07, 6.45) is 6.63. The fourth-order valence-corrected chi connectivity index (χ4v) is 4.50. The molecule has 2 aliphatic heterocycles. The number of likely N-dealkylation sites (tertiary alicyclic amines) is 1. The standard InChI is InChI=1S/C18H30N4OS/c1-14-3-2-10-22(11-14)12-16-13-24-18(20-16)21-17(23)5-4-15-6-8-19-9-7-15/h13-15,19H,2-12H2,1H3,(H,20,21,23). The van der Waals surface area contributed by atoms with Gasteiger partial charge in [-0.15, -0.1) is 11.3 Å². The number of aromatic nitrogens is 1. The molecule has 24 heavy (non-hydrogen) atoms. The molecule has 3 heterocycles. The molecule has 1 amide bonds. The number of nitrogens with one attached hydrogen (secondary N) is 2. The van der Waals surface area contributed by atoms with Crippen LogP contribution in [0.15, 0.2) is 5.38 Å². The van der Waals surface area contributed by atoms with Crippen molar-refractivity contribution in [3.05, 3.63) is 11.1 Å². The van der Waals surface area contributed by atoms with Crippen LogP contribution in [0.25, 0.3) is 0 Å². The first-order valence-electron chi connectivity index (χ1n) is 9.36. The minimum Gasteiger partial charge on any atom is -0.317 e. The molecule has 2 saturated heterocycles. The van der Waals surface area contributed by atoms with Crippen molar-refractivity contribution in [1.82, 2.24) is 15.2 Å². The van der Waals surface area contributed by atoms with E-state index in [0.717, 1.165) is 49.3 Å². The van der Waals surface area contributed by atoms with Crippen LogP contribution in [0.5, 0.6) is 0 Å². The van der Waals surface area contributed by atoms with Gasteiger partial charge in [-0.3, -0.25) is 9.69 Å². The Morgan fingerprint density at radius 2 is 2.25 bits per heavy atom. The fourth-order valence-electron chi connectivity index (χ4n) is 3.78. The first-order chi connectivity index (χ1) is 11.7. The van der Waals surface area contributed by atoms with Crippen molar-refractivity contribution in [3.63, 3.8) is 0 Å². The molecule has 2 aliphatic rings. The number of thiazole rings is 1. The van der Waals surface area contributed by atoms with E-state index in [1.54, 1.807) is 11.3 Å². The van der Waals surface area contributed by atoms with Crippen LogP contribution in [0, 0.1) is 11.8 Å².